The number of nitrogens with zero attached hydrogens (tertiary/aromatic N) is 8. The van der Waals surface area contributed by atoms with Crippen LogP contribution in [0, 0.1) is 0 Å². The fraction of sp³-hybridized carbons (Fsp3) is 0.474. The van der Waals surface area contributed by atoms with Crippen LogP contribution in [0.4, 0.5) is 19.1 Å². The van der Waals surface area contributed by atoms with Gasteiger partial charge in [0.1, 0.15) is 23.3 Å². The lowest BCUT2D eigenvalue weighted by molar-refractivity contribution is -0.137. The highest BCUT2D eigenvalue weighted by atomic mass is 32.2. The van der Waals surface area contributed by atoms with Gasteiger partial charge in [0.25, 0.3) is 10.0 Å². The number of hydrogen-bond acceptors (Lipinski definition) is 9. The lowest BCUT2D eigenvalue weighted by atomic mass is 10.1. The fourth-order valence-electron chi connectivity index (χ4n) is 3.67. The molecule has 0 unspecified atom stereocenters. The SMILES string of the molecule is CN(C)S(=O)(=O)n1cnc(-c2nc(NC3CCN(S(=O)(=O)c4cn(C)cn4)CC3)ncc2C(F)(F)F)c1. The van der Waals surface area contributed by atoms with Crippen LogP contribution in [0.25, 0.3) is 11.4 Å². The van der Waals surface area contributed by atoms with Crippen molar-refractivity contribution in [1.82, 2.24) is 37.1 Å². The number of imidazole rings is 2. The van der Waals surface area contributed by atoms with Crippen LogP contribution in [-0.4, -0.2) is 87.1 Å². The van der Waals surface area contributed by atoms with E-state index in [1.807, 2.05) is 0 Å². The van der Waals surface area contributed by atoms with Gasteiger partial charge in [-0.1, -0.05) is 0 Å². The fourth-order valence-corrected chi connectivity index (χ4v) is 5.89. The van der Waals surface area contributed by atoms with Crippen molar-refractivity contribution in [1.29, 1.82) is 0 Å². The summed E-state index contributed by atoms with van der Waals surface area (Å²) in [6.45, 7) is 0.327. The summed E-state index contributed by atoms with van der Waals surface area (Å²) in [5.74, 6) is -0.126. The minimum Gasteiger partial charge on any atom is -0.351 e. The number of piperidine rings is 1. The van der Waals surface area contributed by atoms with Crippen molar-refractivity contribution in [3.8, 4) is 11.4 Å². The van der Waals surface area contributed by atoms with E-state index in [4.69, 9.17) is 0 Å². The topological polar surface area (TPSA) is 148 Å². The lowest BCUT2D eigenvalue weighted by Crippen LogP contribution is -2.42. The van der Waals surface area contributed by atoms with E-state index in [-0.39, 0.29) is 35.8 Å². The first-order chi connectivity index (χ1) is 17.2. The molecule has 3 aromatic heterocycles. The van der Waals surface area contributed by atoms with E-state index >= 15 is 0 Å². The highest BCUT2D eigenvalue weighted by Gasteiger charge is 2.37. The zero-order chi connectivity index (χ0) is 27.2. The van der Waals surface area contributed by atoms with Crippen LogP contribution in [0.2, 0.25) is 0 Å². The van der Waals surface area contributed by atoms with Crippen molar-refractivity contribution < 1.29 is 30.0 Å². The molecule has 13 nitrogen and oxygen atoms in total. The number of aryl methyl sites for hydroxylation is 1. The van der Waals surface area contributed by atoms with Crippen molar-refractivity contribution in [2.75, 3.05) is 32.5 Å². The summed E-state index contributed by atoms with van der Waals surface area (Å²) in [7, 11) is -3.55. The van der Waals surface area contributed by atoms with Crippen LogP contribution in [0.15, 0.2) is 36.3 Å². The molecule has 0 aliphatic carbocycles. The van der Waals surface area contributed by atoms with Gasteiger partial charge in [0.15, 0.2) is 5.03 Å². The first-order valence-electron chi connectivity index (χ1n) is 10.9. The van der Waals surface area contributed by atoms with Crippen molar-refractivity contribution in [2.45, 2.75) is 30.1 Å². The average Bonchev–Trinajstić information content (AvgIpc) is 3.49. The molecule has 202 valence electrons. The van der Waals surface area contributed by atoms with Gasteiger partial charge in [0, 0.05) is 52.7 Å². The number of anilines is 1. The van der Waals surface area contributed by atoms with Crippen molar-refractivity contribution in [3.63, 3.8) is 0 Å². The number of rotatable bonds is 7. The van der Waals surface area contributed by atoms with Crippen LogP contribution in [0.3, 0.4) is 0 Å². The first kappa shape index (κ1) is 27.0. The second kappa shape index (κ2) is 9.66. The van der Waals surface area contributed by atoms with Gasteiger partial charge in [-0.2, -0.15) is 30.2 Å². The summed E-state index contributed by atoms with van der Waals surface area (Å²) in [6, 6.07) is -0.313. The van der Waals surface area contributed by atoms with Crippen molar-refractivity contribution >= 4 is 26.2 Å². The number of aromatic nitrogens is 6. The molecule has 1 fully saturated rings. The summed E-state index contributed by atoms with van der Waals surface area (Å²) < 4.78 is 95.5. The quantitative estimate of drug-likeness (QED) is 0.445. The lowest BCUT2D eigenvalue weighted by Gasteiger charge is -2.31. The van der Waals surface area contributed by atoms with Gasteiger partial charge in [0.2, 0.25) is 5.95 Å². The molecular weight excluding hydrogens is 539 g/mol. The maximum Gasteiger partial charge on any atom is 0.420 e. The second-order valence-corrected chi connectivity index (χ2v) is 12.5. The normalized spacial score (nSPS) is 16.4. The molecule has 0 saturated carbocycles. The number of hydrogen-bond donors (Lipinski definition) is 1. The number of nitrogens with one attached hydrogen (secondary N) is 1. The van der Waals surface area contributed by atoms with E-state index in [1.54, 1.807) is 7.05 Å². The smallest absolute Gasteiger partial charge is 0.351 e. The predicted octanol–water partition coefficient (Wildman–Crippen LogP) is 1.01. The monoisotopic (exact) mass is 563 g/mol. The van der Waals surface area contributed by atoms with Crippen LogP contribution in [-0.2, 0) is 33.5 Å². The van der Waals surface area contributed by atoms with Gasteiger partial charge in [0.05, 0.1) is 12.5 Å². The molecule has 0 amide bonds. The third kappa shape index (κ3) is 5.46. The highest BCUT2D eigenvalue weighted by Crippen LogP contribution is 2.36. The molecule has 1 aliphatic rings. The molecule has 37 heavy (non-hydrogen) atoms. The van der Waals surface area contributed by atoms with Crippen molar-refractivity contribution in [3.05, 3.63) is 36.8 Å². The Balaban J connectivity index is 1.54. The van der Waals surface area contributed by atoms with Crippen molar-refractivity contribution in [2.24, 2.45) is 7.05 Å². The number of sulfonamides is 1. The molecule has 3 aromatic rings. The third-order valence-corrected chi connectivity index (χ3v) is 9.14. The van der Waals surface area contributed by atoms with E-state index in [1.165, 1.54) is 35.5 Å². The molecule has 0 bridgehead atoms. The largest absolute Gasteiger partial charge is 0.420 e. The maximum atomic E-state index is 13.7. The highest BCUT2D eigenvalue weighted by molar-refractivity contribution is 7.89. The Morgan fingerprint density at radius 3 is 2.27 bits per heavy atom. The van der Waals surface area contributed by atoms with E-state index < -0.39 is 37.7 Å². The summed E-state index contributed by atoms with van der Waals surface area (Å²) in [4.78, 5) is 15.5. The third-order valence-electron chi connectivity index (χ3n) is 5.70. The summed E-state index contributed by atoms with van der Waals surface area (Å²) >= 11 is 0. The molecular formula is C19H24F3N9O4S2. The Bertz CT molecular complexity index is 1490. The van der Waals surface area contributed by atoms with E-state index in [0.29, 0.717) is 23.0 Å². The maximum absolute atomic E-state index is 13.7. The molecule has 1 N–H and O–H groups in total. The molecule has 0 radical (unpaired) electrons. The van der Waals surface area contributed by atoms with Crippen LogP contribution in [0.5, 0.6) is 0 Å². The minimum atomic E-state index is -4.82. The molecule has 0 aromatic carbocycles. The summed E-state index contributed by atoms with van der Waals surface area (Å²) in [6.07, 6.45) is 1.11. The zero-order valence-corrected chi connectivity index (χ0v) is 21.6. The molecule has 1 saturated heterocycles. The number of alkyl halides is 3. The summed E-state index contributed by atoms with van der Waals surface area (Å²) in [5.41, 5.74) is -2.07. The van der Waals surface area contributed by atoms with Gasteiger partial charge >= 0.3 is 16.4 Å². The molecule has 4 heterocycles. The van der Waals surface area contributed by atoms with E-state index in [9.17, 15) is 30.0 Å². The standard InChI is InChI=1S/C19H24F3N9O4S2/c1-28(2)37(34,35)31-9-15(24-12-31)17-14(19(20,21)22)8-23-18(27-17)26-13-4-6-30(7-5-13)36(32,33)16-10-29(3)11-25-16/h8-13H,4-7H2,1-3H3,(H,23,26,27). The van der Waals surface area contributed by atoms with Gasteiger partial charge in [-0.3, -0.25) is 0 Å². The second-order valence-electron chi connectivity index (χ2n) is 8.53. The van der Waals surface area contributed by atoms with E-state index in [0.717, 1.165) is 16.8 Å². The Hall–Kier alpha value is -3.09. The Morgan fingerprint density at radius 1 is 1.03 bits per heavy atom. The number of halogens is 3. The van der Waals surface area contributed by atoms with E-state index in [2.05, 4.69) is 25.3 Å². The Labute approximate surface area is 211 Å². The van der Waals surface area contributed by atoms with Gasteiger partial charge in [-0.15, -0.1) is 0 Å². The van der Waals surface area contributed by atoms with Crippen LogP contribution >= 0.6 is 0 Å². The van der Waals surface area contributed by atoms with Gasteiger partial charge < -0.3 is 9.88 Å². The van der Waals surface area contributed by atoms with Crippen LogP contribution in [0.1, 0.15) is 18.4 Å². The first-order valence-corrected chi connectivity index (χ1v) is 13.7. The van der Waals surface area contributed by atoms with Gasteiger partial charge in [-0.05, 0) is 12.8 Å². The molecule has 18 heteroatoms. The molecule has 1 aliphatic heterocycles. The zero-order valence-electron chi connectivity index (χ0n) is 20.0. The average molecular weight is 564 g/mol. The molecule has 4 rings (SSSR count). The van der Waals surface area contributed by atoms with Crippen LogP contribution < -0.4 is 5.32 Å². The Kier molecular flexibility index (Phi) is 7.04. The molecule has 0 spiro atoms. The molecule has 0 atom stereocenters. The predicted molar refractivity (Wildman–Crippen MR) is 125 cm³/mol. The van der Waals surface area contributed by atoms with Gasteiger partial charge in [-0.25, -0.2) is 32.3 Å². The summed E-state index contributed by atoms with van der Waals surface area (Å²) in [5, 5.41) is 2.89. The Morgan fingerprint density at radius 2 is 1.70 bits per heavy atom. The minimum absolute atomic E-state index is 0.0622.